The van der Waals surface area contributed by atoms with Gasteiger partial charge in [-0.2, -0.15) is 0 Å². The SMILES string of the molecule is CCCCCCCCCCC(CCCCCCCC)COC1C[C@H](O)[C@@H](O)[C@H](C)O1. The maximum atomic E-state index is 10.00. The highest BCUT2D eigenvalue weighted by Crippen LogP contribution is 2.24. The topological polar surface area (TPSA) is 58.9 Å². The molecule has 4 heteroatoms. The molecule has 1 fully saturated rings. The molecule has 0 aromatic rings. The van der Waals surface area contributed by atoms with E-state index in [1.165, 1.54) is 103 Å². The van der Waals surface area contributed by atoms with Crippen molar-refractivity contribution in [3.63, 3.8) is 0 Å². The normalized spacial score (nSPS) is 25.5. The molecule has 0 aromatic carbocycles. The summed E-state index contributed by atoms with van der Waals surface area (Å²) in [4.78, 5) is 0. The number of hydrogen-bond acceptors (Lipinski definition) is 4. The molecular formula is C26H52O4. The Morgan fingerprint density at radius 3 is 1.70 bits per heavy atom. The number of unbranched alkanes of at least 4 members (excludes halogenated alkanes) is 12. The minimum absolute atomic E-state index is 0.368. The van der Waals surface area contributed by atoms with Crippen molar-refractivity contribution in [3.8, 4) is 0 Å². The molecule has 0 aromatic heterocycles. The molecule has 1 aliphatic heterocycles. The van der Waals surface area contributed by atoms with E-state index >= 15 is 0 Å². The van der Waals surface area contributed by atoms with Crippen molar-refractivity contribution >= 4 is 0 Å². The zero-order valence-corrected chi connectivity index (χ0v) is 20.3. The van der Waals surface area contributed by atoms with Crippen molar-refractivity contribution < 1.29 is 19.7 Å². The Balaban J connectivity index is 2.27. The van der Waals surface area contributed by atoms with Crippen LogP contribution in [0, 0.1) is 5.92 Å². The van der Waals surface area contributed by atoms with Gasteiger partial charge in [-0.25, -0.2) is 0 Å². The van der Waals surface area contributed by atoms with Crippen molar-refractivity contribution in [3.05, 3.63) is 0 Å². The molecule has 0 radical (unpaired) electrons. The van der Waals surface area contributed by atoms with Gasteiger partial charge in [0.1, 0.15) is 6.10 Å². The van der Waals surface area contributed by atoms with Gasteiger partial charge in [0.25, 0.3) is 0 Å². The smallest absolute Gasteiger partial charge is 0.160 e. The highest BCUT2D eigenvalue weighted by molar-refractivity contribution is 4.80. The van der Waals surface area contributed by atoms with Gasteiger partial charge in [-0.05, 0) is 25.7 Å². The molecule has 30 heavy (non-hydrogen) atoms. The van der Waals surface area contributed by atoms with Crippen molar-refractivity contribution in [1.82, 2.24) is 0 Å². The maximum absolute atomic E-state index is 10.00. The predicted molar refractivity (Wildman–Crippen MR) is 126 cm³/mol. The number of ether oxygens (including phenoxy) is 2. The largest absolute Gasteiger partial charge is 0.390 e. The Kier molecular flexibility index (Phi) is 17.1. The third-order valence-electron chi connectivity index (χ3n) is 6.63. The average Bonchev–Trinajstić information content (AvgIpc) is 2.73. The minimum Gasteiger partial charge on any atom is -0.390 e. The van der Waals surface area contributed by atoms with Gasteiger partial charge in [0.05, 0.1) is 18.8 Å². The first-order valence-electron chi connectivity index (χ1n) is 13.2. The van der Waals surface area contributed by atoms with Crippen LogP contribution < -0.4 is 0 Å². The molecule has 0 spiro atoms. The first-order chi connectivity index (χ1) is 14.6. The highest BCUT2D eigenvalue weighted by Gasteiger charge is 2.34. The number of aliphatic hydroxyl groups excluding tert-OH is 2. The molecule has 180 valence electrons. The van der Waals surface area contributed by atoms with E-state index in [0.717, 1.165) is 0 Å². The predicted octanol–water partition coefficient (Wildman–Crippen LogP) is 6.76. The van der Waals surface area contributed by atoms with E-state index in [2.05, 4.69) is 13.8 Å². The molecule has 0 bridgehead atoms. The third-order valence-corrected chi connectivity index (χ3v) is 6.63. The van der Waals surface area contributed by atoms with E-state index < -0.39 is 12.2 Å². The summed E-state index contributed by atoms with van der Waals surface area (Å²) in [6.07, 6.45) is 19.4. The van der Waals surface area contributed by atoms with E-state index in [1.54, 1.807) is 6.92 Å². The molecular weight excluding hydrogens is 376 g/mol. The zero-order chi connectivity index (χ0) is 22.0. The molecule has 1 saturated heterocycles. The molecule has 5 atom stereocenters. The van der Waals surface area contributed by atoms with Crippen LogP contribution in [0.15, 0.2) is 0 Å². The number of aliphatic hydroxyl groups is 2. The molecule has 2 unspecified atom stereocenters. The summed E-state index contributed by atoms with van der Waals surface area (Å²) in [6.45, 7) is 7.05. The lowest BCUT2D eigenvalue weighted by Gasteiger charge is -2.35. The van der Waals surface area contributed by atoms with Crippen LogP contribution in [-0.2, 0) is 9.47 Å². The van der Waals surface area contributed by atoms with Crippen molar-refractivity contribution in [2.75, 3.05) is 6.61 Å². The fourth-order valence-electron chi connectivity index (χ4n) is 4.47. The molecule has 4 nitrogen and oxygen atoms in total. The van der Waals surface area contributed by atoms with E-state index in [1.807, 2.05) is 0 Å². The van der Waals surface area contributed by atoms with Gasteiger partial charge in [-0.3, -0.25) is 0 Å². The second-order valence-electron chi connectivity index (χ2n) is 9.58. The molecule has 1 rings (SSSR count). The Bertz CT molecular complexity index is 364. The van der Waals surface area contributed by atoms with Crippen LogP contribution in [0.2, 0.25) is 0 Å². The van der Waals surface area contributed by atoms with Gasteiger partial charge in [0, 0.05) is 6.42 Å². The Morgan fingerprint density at radius 2 is 1.23 bits per heavy atom. The van der Waals surface area contributed by atoms with Gasteiger partial charge in [-0.1, -0.05) is 104 Å². The molecule has 0 aliphatic carbocycles. The van der Waals surface area contributed by atoms with Crippen molar-refractivity contribution in [1.29, 1.82) is 0 Å². The van der Waals surface area contributed by atoms with Gasteiger partial charge < -0.3 is 19.7 Å². The molecule has 1 aliphatic rings. The van der Waals surface area contributed by atoms with Crippen LogP contribution in [-0.4, -0.2) is 41.4 Å². The van der Waals surface area contributed by atoms with E-state index in [4.69, 9.17) is 9.47 Å². The average molecular weight is 429 g/mol. The molecule has 0 amide bonds. The van der Waals surface area contributed by atoms with E-state index in [0.29, 0.717) is 18.9 Å². The van der Waals surface area contributed by atoms with Crippen LogP contribution in [0.25, 0.3) is 0 Å². The lowest BCUT2D eigenvalue weighted by Crippen LogP contribution is -2.47. The summed E-state index contributed by atoms with van der Waals surface area (Å²) in [5.74, 6) is 0.583. The highest BCUT2D eigenvalue weighted by atomic mass is 16.7. The van der Waals surface area contributed by atoms with Crippen LogP contribution in [0.5, 0.6) is 0 Å². The summed E-state index contributed by atoms with van der Waals surface area (Å²) < 4.78 is 11.8. The number of hydrogen-bond donors (Lipinski definition) is 2. The Morgan fingerprint density at radius 1 is 0.767 bits per heavy atom. The summed E-state index contributed by atoms with van der Waals surface area (Å²) in [5, 5.41) is 19.8. The minimum atomic E-state index is -0.805. The standard InChI is InChI=1S/C26H52O4/c1-4-6-8-10-12-13-15-17-19-23(18-16-14-11-9-7-5-2)21-29-25-20-24(27)26(28)22(3)30-25/h22-28H,4-21H2,1-3H3/t22-,23?,24-,25?,26-/m0/s1. The molecule has 1 heterocycles. The van der Waals surface area contributed by atoms with Gasteiger partial charge >= 0.3 is 0 Å². The van der Waals surface area contributed by atoms with Crippen LogP contribution in [0.1, 0.15) is 130 Å². The van der Waals surface area contributed by atoms with Crippen LogP contribution in [0.3, 0.4) is 0 Å². The molecule has 2 N–H and O–H groups in total. The van der Waals surface area contributed by atoms with Crippen LogP contribution >= 0.6 is 0 Å². The zero-order valence-electron chi connectivity index (χ0n) is 20.3. The second kappa shape index (κ2) is 18.4. The first-order valence-corrected chi connectivity index (χ1v) is 13.2. The Labute approximate surface area is 187 Å². The van der Waals surface area contributed by atoms with Gasteiger partial charge in [0.2, 0.25) is 0 Å². The fourth-order valence-corrected chi connectivity index (χ4v) is 4.47. The van der Waals surface area contributed by atoms with Crippen molar-refractivity contribution in [2.45, 2.75) is 155 Å². The van der Waals surface area contributed by atoms with E-state index in [-0.39, 0.29) is 12.4 Å². The quantitative estimate of drug-likeness (QED) is 0.223. The number of rotatable bonds is 19. The van der Waals surface area contributed by atoms with Crippen LogP contribution in [0.4, 0.5) is 0 Å². The lowest BCUT2D eigenvalue weighted by molar-refractivity contribution is -0.249. The van der Waals surface area contributed by atoms with Crippen molar-refractivity contribution in [2.24, 2.45) is 5.92 Å². The monoisotopic (exact) mass is 428 g/mol. The van der Waals surface area contributed by atoms with Gasteiger partial charge in [0.15, 0.2) is 6.29 Å². The third kappa shape index (κ3) is 13.3. The maximum Gasteiger partial charge on any atom is 0.160 e. The second-order valence-corrected chi connectivity index (χ2v) is 9.58. The summed E-state index contributed by atoms with van der Waals surface area (Å²) in [5.41, 5.74) is 0. The summed E-state index contributed by atoms with van der Waals surface area (Å²) in [7, 11) is 0. The lowest BCUT2D eigenvalue weighted by atomic mass is 9.94. The van der Waals surface area contributed by atoms with Gasteiger partial charge in [-0.15, -0.1) is 0 Å². The Hall–Kier alpha value is -0.160. The first kappa shape index (κ1) is 27.9. The fraction of sp³-hybridized carbons (Fsp3) is 1.00. The van der Waals surface area contributed by atoms with E-state index in [9.17, 15) is 10.2 Å². The molecule has 0 saturated carbocycles. The summed E-state index contributed by atoms with van der Waals surface area (Å²) in [6, 6.07) is 0. The summed E-state index contributed by atoms with van der Waals surface area (Å²) >= 11 is 0.